The van der Waals surface area contributed by atoms with Crippen LogP contribution >= 0.6 is 15.9 Å². The second kappa shape index (κ2) is 6.70. The molecule has 1 aromatic heterocycles. The molecule has 0 bridgehead atoms. The van der Waals surface area contributed by atoms with Crippen molar-refractivity contribution in [3.05, 3.63) is 58.6 Å². The Bertz CT molecular complexity index is 887. The Morgan fingerprint density at radius 2 is 2.09 bits per heavy atom. The van der Waals surface area contributed by atoms with Gasteiger partial charge in [0.15, 0.2) is 0 Å². The molecule has 1 N–H and O–H groups in total. The predicted octanol–water partition coefficient (Wildman–Crippen LogP) is 3.00. The molecule has 7 heteroatoms. The molecule has 1 heterocycles. The number of nitrogens with one attached hydrogen (secondary N) is 1. The number of halogens is 1. The van der Waals surface area contributed by atoms with E-state index in [1.165, 1.54) is 0 Å². The summed E-state index contributed by atoms with van der Waals surface area (Å²) >= 11 is 3.34. The molecule has 6 nitrogen and oxygen atoms in total. The molecule has 0 aliphatic heterocycles. The third-order valence-electron chi connectivity index (χ3n) is 3.23. The lowest BCUT2D eigenvalue weighted by Crippen LogP contribution is -2.20. The molecule has 116 valence electrons. The number of para-hydroxylation sites is 1. The lowest BCUT2D eigenvalue weighted by Gasteiger charge is -2.04. The molecule has 3 aromatic rings. The molecule has 0 saturated carbocycles. The Hall–Kier alpha value is -2.54. The van der Waals surface area contributed by atoms with Gasteiger partial charge in [0.2, 0.25) is 0 Å². The lowest BCUT2D eigenvalue weighted by molar-refractivity contribution is 0.0954. The maximum absolute atomic E-state index is 12.0. The first-order chi connectivity index (χ1) is 11.1. The molecule has 0 aliphatic rings. The second-order valence-corrected chi connectivity index (χ2v) is 5.95. The zero-order chi connectivity index (χ0) is 16.2. The van der Waals surface area contributed by atoms with Crippen LogP contribution in [0.25, 0.3) is 11.0 Å². The maximum atomic E-state index is 12.0. The highest BCUT2D eigenvalue weighted by Crippen LogP contribution is 2.11. The maximum Gasteiger partial charge on any atom is 0.271 e. The summed E-state index contributed by atoms with van der Waals surface area (Å²) in [5.41, 5.74) is 5.59. The van der Waals surface area contributed by atoms with E-state index in [-0.39, 0.29) is 5.91 Å². The molecule has 23 heavy (non-hydrogen) atoms. The van der Waals surface area contributed by atoms with Crippen molar-refractivity contribution in [2.24, 2.45) is 5.10 Å². The van der Waals surface area contributed by atoms with E-state index in [9.17, 15) is 4.79 Å². The van der Waals surface area contributed by atoms with Crippen LogP contribution in [0.1, 0.15) is 17.3 Å². The standard InChI is InChI=1S/C16H14BrN5O/c1-11(10-22-15-8-3-2-7-14(15)19-21-22)18-20-16(23)12-5-4-6-13(17)9-12/h2-9H,10H2,1H3,(H,20,23)/b18-11-. The molecule has 0 radical (unpaired) electrons. The first-order valence-electron chi connectivity index (χ1n) is 7.01. The highest BCUT2D eigenvalue weighted by molar-refractivity contribution is 9.10. The van der Waals surface area contributed by atoms with Crippen LogP contribution in [0.5, 0.6) is 0 Å². The SMILES string of the molecule is C/C(Cn1nnc2ccccc21)=N/NC(=O)c1cccc(Br)c1. The van der Waals surface area contributed by atoms with Crippen molar-refractivity contribution in [1.82, 2.24) is 20.4 Å². The summed E-state index contributed by atoms with van der Waals surface area (Å²) < 4.78 is 2.60. The number of fused-ring (bicyclic) bond motifs is 1. The number of rotatable bonds is 4. The number of benzene rings is 2. The van der Waals surface area contributed by atoms with E-state index in [0.29, 0.717) is 12.1 Å². The molecule has 0 fully saturated rings. The second-order valence-electron chi connectivity index (χ2n) is 5.03. The summed E-state index contributed by atoms with van der Waals surface area (Å²) in [4.78, 5) is 12.0. The van der Waals surface area contributed by atoms with Crippen LogP contribution in [-0.2, 0) is 6.54 Å². The molecular weight excluding hydrogens is 358 g/mol. The number of hydrogen-bond donors (Lipinski definition) is 1. The van der Waals surface area contributed by atoms with Crippen LogP contribution < -0.4 is 5.43 Å². The van der Waals surface area contributed by atoms with E-state index in [4.69, 9.17) is 0 Å². The minimum absolute atomic E-state index is 0.255. The van der Waals surface area contributed by atoms with Gasteiger partial charge < -0.3 is 0 Å². The first-order valence-corrected chi connectivity index (χ1v) is 7.80. The number of carbonyl (C=O) groups excluding carboxylic acids is 1. The van der Waals surface area contributed by atoms with Crippen LogP contribution in [0, 0.1) is 0 Å². The van der Waals surface area contributed by atoms with Gasteiger partial charge in [-0.25, -0.2) is 10.1 Å². The summed E-state index contributed by atoms with van der Waals surface area (Å²) in [6.07, 6.45) is 0. The van der Waals surface area contributed by atoms with E-state index in [2.05, 4.69) is 36.8 Å². The smallest absolute Gasteiger partial charge is 0.267 e. The number of aromatic nitrogens is 3. The van der Waals surface area contributed by atoms with Gasteiger partial charge in [0.1, 0.15) is 5.52 Å². The van der Waals surface area contributed by atoms with Gasteiger partial charge in [0, 0.05) is 10.0 Å². The number of amides is 1. The van der Waals surface area contributed by atoms with Crippen LogP contribution in [0.4, 0.5) is 0 Å². The Balaban J connectivity index is 1.69. The van der Waals surface area contributed by atoms with Crippen LogP contribution in [0.3, 0.4) is 0 Å². The number of nitrogens with zero attached hydrogens (tertiary/aromatic N) is 4. The predicted molar refractivity (Wildman–Crippen MR) is 92.2 cm³/mol. The van der Waals surface area contributed by atoms with Crippen molar-refractivity contribution >= 4 is 38.6 Å². The molecule has 1 amide bonds. The zero-order valence-corrected chi connectivity index (χ0v) is 14.0. The van der Waals surface area contributed by atoms with Gasteiger partial charge in [-0.2, -0.15) is 5.10 Å². The minimum atomic E-state index is -0.255. The quantitative estimate of drug-likeness (QED) is 0.565. The fourth-order valence-corrected chi connectivity index (χ4v) is 2.53. The fraction of sp³-hybridized carbons (Fsp3) is 0.125. The Labute approximate surface area is 141 Å². The Morgan fingerprint density at radius 3 is 2.91 bits per heavy atom. The fourth-order valence-electron chi connectivity index (χ4n) is 2.13. The third-order valence-corrected chi connectivity index (χ3v) is 3.73. The van der Waals surface area contributed by atoms with Gasteiger partial charge in [-0.3, -0.25) is 4.79 Å². The van der Waals surface area contributed by atoms with Crippen LogP contribution in [0.15, 0.2) is 58.1 Å². The Morgan fingerprint density at radius 1 is 1.26 bits per heavy atom. The van der Waals surface area contributed by atoms with Crippen LogP contribution in [-0.4, -0.2) is 26.6 Å². The normalized spacial score (nSPS) is 11.7. The average molecular weight is 372 g/mol. The molecule has 0 unspecified atom stereocenters. The molecule has 0 aliphatic carbocycles. The van der Waals surface area contributed by atoms with E-state index >= 15 is 0 Å². The van der Waals surface area contributed by atoms with Gasteiger partial charge in [-0.1, -0.05) is 39.3 Å². The molecule has 0 spiro atoms. The molecule has 0 saturated heterocycles. The van der Waals surface area contributed by atoms with E-state index in [1.807, 2.05) is 37.3 Å². The number of hydrogen-bond acceptors (Lipinski definition) is 4. The third kappa shape index (κ3) is 3.62. The van der Waals surface area contributed by atoms with Crippen molar-refractivity contribution in [3.63, 3.8) is 0 Å². The Kier molecular flexibility index (Phi) is 4.47. The molecule has 2 aromatic carbocycles. The molecular formula is C16H14BrN5O. The minimum Gasteiger partial charge on any atom is -0.267 e. The van der Waals surface area contributed by atoms with Gasteiger partial charge >= 0.3 is 0 Å². The van der Waals surface area contributed by atoms with E-state index in [0.717, 1.165) is 21.2 Å². The average Bonchev–Trinajstić information content (AvgIpc) is 2.96. The number of carbonyl (C=O) groups is 1. The van der Waals surface area contributed by atoms with Gasteiger partial charge in [-0.05, 0) is 37.3 Å². The van der Waals surface area contributed by atoms with Crippen molar-refractivity contribution in [1.29, 1.82) is 0 Å². The highest BCUT2D eigenvalue weighted by atomic mass is 79.9. The number of hydrazone groups is 1. The first kappa shape index (κ1) is 15.4. The van der Waals surface area contributed by atoms with Crippen molar-refractivity contribution in [3.8, 4) is 0 Å². The molecule has 3 rings (SSSR count). The summed E-state index contributed by atoms with van der Waals surface area (Å²) in [5, 5.41) is 12.3. The van der Waals surface area contributed by atoms with Crippen molar-refractivity contribution in [2.75, 3.05) is 0 Å². The van der Waals surface area contributed by atoms with E-state index < -0.39 is 0 Å². The van der Waals surface area contributed by atoms with Crippen molar-refractivity contribution < 1.29 is 4.79 Å². The van der Waals surface area contributed by atoms with Gasteiger partial charge in [0.05, 0.1) is 17.8 Å². The van der Waals surface area contributed by atoms with E-state index in [1.54, 1.807) is 22.9 Å². The zero-order valence-electron chi connectivity index (χ0n) is 12.4. The van der Waals surface area contributed by atoms with Gasteiger partial charge in [0.25, 0.3) is 5.91 Å². The summed E-state index contributed by atoms with van der Waals surface area (Å²) in [6, 6.07) is 14.8. The molecule has 0 atom stereocenters. The monoisotopic (exact) mass is 371 g/mol. The van der Waals surface area contributed by atoms with Crippen LogP contribution in [0.2, 0.25) is 0 Å². The largest absolute Gasteiger partial charge is 0.271 e. The highest BCUT2D eigenvalue weighted by Gasteiger charge is 2.07. The lowest BCUT2D eigenvalue weighted by atomic mass is 10.2. The summed E-state index contributed by atoms with van der Waals surface area (Å²) in [6.45, 7) is 2.29. The summed E-state index contributed by atoms with van der Waals surface area (Å²) in [7, 11) is 0. The topological polar surface area (TPSA) is 72.2 Å². The van der Waals surface area contributed by atoms with Crippen molar-refractivity contribution in [2.45, 2.75) is 13.5 Å². The summed E-state index contributed by atoms with van der Waals surface area (Å²) in [5.74, 6) is -0.255. The van der Waals surface area contributed by atoms with Gasteiger partial charge in [-0.15, -0.1) is 5.10 Å².